The van der Waals surface area contributed by atoms with Gasteiger partial charge in [-0.25, -0.2) is 9.07 Å². The minimum Gasteiger partial charge on any atom is -0.351 e. The van der Waals surface area contributed by atoms with E-state index in [-0.39, 0.29) is 11.4 Å². The summed E-state index contributed by atoms with van der Waals surface area (Å²) >= 11 is 0. The van der Waals surface area contributed by atoms with Gasteiger partial charge < -0.3 is 5.32 Å². The molecule has 0 fully saturated rings. The first-order valence-corrected chi connectivity index (χ1v) is 9.57. The van der Waals surface area contributed by atoms with E-state index in [1.165, 1.54) is 33.5 Å². The van der Waals surface area contributed by atoms with Crippen LogP contribution in [0.1, 0.15) is 39.3 Å². The lowest BCUT2D eigenvalue weighted by Gasteiger charge is -2.12. The highest BCUT2D eigenvalue weighted by Gasteiger charge is 2.16. The first-order chi connectivity index (χ1) is 13.9. The van der Waals surface area contributed by atoms with Gasteiger partial charge in [-0.2, -0.15) is 5.10 Å². The Morgan fingerprint density at radius 1 is 1.10 bits per heavy atom. The summed E-state index contributed by atoms with van der Waals surface area (Å²) in [5.41, 5.74) is 3.59. The van der Waals surface area contributed by atoms with Crippen molar-refractivity contribution in [1.82, 2.24) is 15.1 Å². The average Bonchev–Trinajstić information content (AvgIpc) is 2.67. The molecule has 0 aliphatic rings. The van der Waals surface area contributed by atoms with E-state index in [0.717, 1.165) is 12.8 Å². The van der Waals surface area contributed by atoms with E-state index in [4.69, 9.17) is 0 Å². The standard InChI is InChI=1S/C23H24FN3O2/c1-15-10-11-18(16(2)13-15)7-6-12-25-23(29)22-21(28)14-17(3)27(26-22)20-9-5-4-8-19(20)24/h4-5,8-11,13-14H,6-7,12H2,1-3H3,(H,25,29). The number of rotatable bonds is 6. The molecule has 0 spiro atoms. The highest BCUT2D eigenvalue weighted by Crippen LogP contribution is 2.14. The van der Waals surface area contributed by atoms with Crippen molar-refractivity contribution in [3.63, 3.8) is 0 Å². The number of para-hydroxylation sites is 1. The first kappa shape index (κ1) is 20.5. The molecule has 0 atom stereocenters. The molecule has 0 aliphatic carbocycles. The number of carbonyl (C=O) groups is 1. The number of nitrogens with one attached hydrogen (secondary N) is 1. The van der Waals surface area contributed by atoms with Crippen molar-refractivity contribution in [2.75, 3.05) is 6.54 Å². The number of aromatic nitrogens is 2. The fraction of sp³-hybridized carbons (Fsp3) is 0.261. The van der Waals surface area contributed by atoms with Gasteiger partial charge in [0.1, 0.15) is 11.5 Å². The van der Waals surface area contributed by atoms with E-state index >= 15 is 0 Å². The lowest BCUT2D eigenvalue weighted by molar-refractivity contribution is 0.0945. The van der Waals surface area contributed by atoms with Crippen LogP contribution in [0.15, 0.2) is 53.3 Å². The molecule has 1 amide bonds. The van der Waals surface area contributed by atoms with Crippen LogP contribution in [0.2, 0.25) is 0 Å². The van der Waals surface area contributed by atoms with Crippen LogP contribution < -0.4 is 10.7 Å². The molecular weight excluding hydrogens is 369 g/mol. The van der Waals surface area contributed by atoms with Crippen molar-refractivity contribution in [2.24, 2.45) is 0 Å². The molecule has 3 aromatic rings. The Hall–Kier alpha value is -3.28. The fourth-order valence-corrected chi connectivity index (χ4v) is 3.26. The number of carbonyl (C=O) groups excluding carboxylic acids is 1. The summed E-state index contributed by atoms with van der Waals surface area (Å²) in [6, 6.07) is 13.7. The van der Waals surface area contributed by atoms with Crippen molar-refractivity contribution in [3.05, 3.63) is 92.6 Å². The summed E-state index contributed by atoms with van der Waals surface area (Å²) in [4.78, 5) is 24.7. The quantitative estimate of drug-likeness (QED) is 0.650. The predicted molar refractivity (Wildman–Crippen MR) is 111 cm³/mol. The van der Waals surface area contributed by atoms with Crippen molar-refractivity contribution in [3.8, 4) is 5.69 Å². The first-order valence-electron chi connectivity index (χ1n) is 9.57. The molecule has 0 saturated carbocycles. The second-order valence-corrected chi connectivity index (χ2v) is 7.15. The molecule has 29 heavy (non-hydrogen) atoms. The van der Waals surface area contributed by atoms with E-state index in [1.54, 1.807) is 25.1 Å². The number of amides is 1. The van der Waals surface area contributed by atoms with Gasteiger partial charge in [0.25, 0.3) is 5.91 Å². The van der Waals surface area contributed by atoms with E-state index in [9.17, 15) is 14.0 Å². The van der Waals surface area contributed by atoms with Gasteiger partial charge in [-0.15, -0.1) is 0 Å². The summed E-state index contributed by atoms with van der Waals surface area (Å²) in [6.45, 7) is 6.19. The van der Waals surface area contributed by atoms with E-state index < -0.39 is 17.2 Å². The zero-order valence-corrected chi connectivity index (χ0v) is 16.8. The van der Waals surface area contributed by atoms with Crippen LogP contribution in [0.25, 0.3) is 5.69 Å². The molecule has 2 aromatic carbocycles. The van der Waals surface area contributed by atoms with Crippen LogP contribution in [0, 0.1) is 26.6 Å². The van der Waals surface area contributed by atoms with E-state index in [0.29, 0.717) is 12.2 Å². The molecule has 0 saturated heterocycles. The maximum Gasteiger partial charge on any atom is 0.275 e. The lowest BCUT2D eigenvalue weighted by atomic mass is 10.0. The monoisotopic (exact) mass is 393 g/mol. The molecule has 1 heterocycles. The second kappa shape index (κ2) is 8.82. The minimum atomic E-state index is -0.555. The SMILES string of the molecule is Cc1ccc(CCCNC(=O)c2nn(-c3ccccc3F)c(C)cc2=O)c(C)c1. The molecule has 1 aromatic heterocycles. The predicted octanol–water partition coefficient (Wildman–Crippen LogP) is 3.66. The molecule has 0 bridgehead atoms. The normalized spacial score (nSPS) is 10.8. The number of benzene rings is 2. The van der Waals surface area contributed by atoms with Crippen molar-refractivity contribution >= 4 is 5.91 Å². The number of hydrogen-bond acceptors (Lipinski definition) is 3. The molecule has 5 nitrogen and oxygen atoms in total. The molecule has 0 aliphatic heterocycles. The van der Waals surface area contributed by atoms with Crippen LogP contribution >= 0.6 is 0 Å². The summed E-state index contributed by atoms with van der Waals surface area (Å²) in [7, 11) is 0. The summed E-state index contributed by atoms with van der Waals surface area (Å²) in [6.07, 6.45) is 1.57. The number of aryl methyl sites for hydroxylation is 4. The molecule has 0 unspecified atom stereocenters. The minimum absolute atomic E-state index is 0.189. The summed E-state index contributed by atoms with van der Waals surface area (Å²) in [5.74, 6) is -1.03. The molecule has 150 valence electrons. The van der Waals surface area contributed by atoms with E-state index in [1.807, 2.05) is 0 Å². The number of hydrogen-bond donors (Lipinski definition) is 1. The maximum atomic E-state index is 14.1. The average molecular weight is 393 g/mol. The Bertz CT molecular complexity index is 1110. The third kappa shape index (κ3) is 4.77. The molecule has 1 N–H and O–H groups in total. The fourth-order valence-electron chi connectivity index (χ4n) is 3.26. The van der Waals surface area contributed by atoms with Gasteiger partial charge in [-0.3, -0.25) is 9.59 Å². The molecule has 0 radical (unpaired) electrons. The van der Waals surface area contributed by atoms with Crippen LogP contribution in [0.5, 0.6) is 0 Å². The molecule has 3 rings (SSSR count). The zero-order valence-electron chi connectivity index (χ0n) is 16.8. The number of halogens is 1. The van der Waals surface area contributed by atoms with Crippen LogP contribution in [0.4, 0.5) is 4.39 Å². The summed E-state index contributed by atoms with van der Waals surface area (Å²) in [5, 5.41) is 6.86. The zero-order chi connectivity index (χ0) is 21.0. The van der Waals surface area contributed by atoms with Gasteiger partial charge in [-0.05, 0) is 56.9 Å². The van der Waals surface area contributed by atoms with Gasteiger partial charge >= 0.3 is 0 Å². The summed E-state index contributed by atoms with van der Waals surface area (Å²) < 4.78 is 15.4. The van der Waals surface area contributed by atoms with Gasteiger partial charge in [-0.1, -0.05) is 35.9 Å². The third-order valence-corrected chi connectivity index (χ3v) is 4.81. The van der Waals surface area contributed by atoms with Crippen molar-refractivity contribution in [1.29, 1.82) is 0 Å². The van der Waals surface area contributed by atoms with E-state index in [2.05, 4.69) is 42.5 Å². The van der Waals surface area contributed by atoms with Crippen molar-refractivity contribution in [2.45, 2.75) is 33.6 Å². The maximum absolute atomic E-state index is 14.1. The van der Waals surface area contributed by atoms with Crippen LogP contribution in [-0.4, -0.2) is 22.2 Å². The van der Waals surface area contributed by atoms with Crippen molar-refractivity contribution < 1.29 is 9.18 Å². The highest BCUT2D eigenvalue weighted by atomic mass is 19.1. The number of nitrogens with zero attached hydrogens (tertiary/aromatic N) is 2. The highest BCUT2D eigenvalue weighted by molar-refractivity contribution is 5.92. The topological polar surface area (TPSA) is 64.0 Å². The largest absolute Gasteiger partial charge is 0.351 e. The Morgan fingerprint density at radius 2 is 1.86 bits per heavy atom. The second-order valence-electron chi connectivity index (χ2n) is 7.15. The molecule has 6 heteroatoms. The van der Waals surface area contributed by atoms with Crippen LogP contribution in [0.3, 0.4) is 0 Å². The van der Waals surface area contributed by atoms with Gasteiger partial charge in [0.05, 0.1) is 0 Å². The van der Waals surface area contributed by atoms with Gasteiger partial charge in [0.2, 0.25) is 5.43 Å². The Labute approximate surface area is 169 Å². The van der Waals surface area contributed by atoms with Crippen LogP contribution in [-0.2, 0) is 6.42 Å². The van der Waals surface area contributed by atoms with Gasteiger partial charge in [0.15, 0.2) is 5.69 Å². The van der Waals surface area contributed by atoms with Gasteiger partial charge in [0, 0.05) is 18.3 Å². The smallest absolute Gasteiger partial charge is 0.275 e. The lowest BCUT2D eigenvalue weighted by Crippen LogP contribution is -2.32. The molecular formula is C23H24FN3O2. The Kier molecular flexibility index (Phi) is 6.22. The third-order valence-electron chi connectivity index (χ3n) is 4.81. The Balaban J connectivity index is 1.70. The Morgan fingerprint density at radius 3 is 2.59 bits per heavy atom.